The molecule has 0 aliphatic carbocycles. The molecular weight excluding hydrogens is 653 g/mol. The highest BCUT2D eigenvalue weighted by atomic mass is 35.5. The number of nitrogens with one attached hydrogen (secondary N) is 1. The van der Waals surface area contributed by atoms with E-state index in [1.807, 2.05) is 51.1 Å². The van der Waals surface area contributed by atoms with Crippen molar-refractivity contribution >= 4 is 62.3 Å². The second-order valence-electron chi connectivity index (χ2n) is 11.5. The average molecular weight is 687 g/mol. The SMILES string of the molecule is CC(C)(C)NC(=O)[C@@H](Cc1ccccc1)N(Cc1ccccc1Cl)C(=O)CN(c1ccc(Cl)cc1Cl)S(=O)(=O)c1ccccc1. The van der Waals surface area contributed by atoms with Crippen LogP contribution in [-0.2, 0) is 32.6 Å². The molecule has 0 unspecified atom stereocenters. The van der Waals surface area contributed by atoms with E-state index in [-0.39, 0.29) is 28.6 Å². The molecule has 0 fully saturated rings. The minimum absolute atomic E-state index is 0.0345. The lowest BCUT2D eigenvalue weighted by molar-refractivity contribution is -0.140. The molecule has 4 rings (SSSR count). The Hall–Kier alpha value is -3.56. The molecule has 1 N–H and O–H groups in total. The summed E-state index contributed by atoms with van der Waals surface area (Å²) in [5, 5.41) is 3.74. The second kappa shape index (κ2) is 14.7. The Balaban J connectivity index is 1.84. The van der Waals surface area contributed by atoms with Crippen LogP contribution in [0.15, 0.2) is 108 Å². The summed E-state index contributed by atoms with van der Waals surface area (Å²) >= 11 is 19.2. The van der Waals surface area contributed by atoms with Crippen molar-refractivity contribution < 1.29 is 18.0 Å². The Morgan fingerprint density at radius 2 is 1.40 bits per heavy atom. The maximum atomic E-state index is 14.5. The fourth-order valence-electron chi connectivity index (χ4n) is 4.73. The number of sulfonamides is 1. The number of halogens is 3. The molecule has 0 saturated heterocycles. The van der Waals surface area contributed by atoms with Gasteiger partial charge in [-0.3, -0.25) is 13.9 Å². The fourth-order valence-corrected chi connectivity index (χ4v) is 6.94. The van der Waals surface area contributed by atoms with E-state index in [1.165, 1.54) is 35.2 Å². The second-order valence-corrected chi connectivity index (χ2v) is 14.6. The molecule has 0 aliphatic heterocycles. The predicted molar refractivity (Wildman–Crippen MR) is 181 cm³/mol. The maximum absolute atomic E-state index is 14.5. The third kappa shape index (κ3) is 9.01. The molecule has 0 spiro atoms. The van der Waals surface area contributed by atoms with E-state index in [0.29, 0.717) is 15.6 Å². The number of hydrogen-bond acceptors (Lipinski definition) is 4. The highest BCUT2D eigenvalue weighted by Crippen LogP contribution is 2.33. The average Bonchev–Trinajstić information content (AvgIpc) is 2.99. The molecule has 0 aromatic heterocycles. The van der Waals surface area contributed by atoms with Crippen LogP contribution >= 0.6 is 34.8 Å². The highest BCUT2D eigenvalue weighted by molar-refractivity contribution is 7.92. The summed E-state index contributed by atoms with van der Waals surface area (Å²) in [5.74, 6) is -1.03. The Bertz CT molecular complexity index is 1750. The van der Waals surface area contributed by atoms with Gasteiger partial charge in [0.25, 0.3) is 10.0 Å². The van der Waals surface area contributed by atoms with Gasteiger partial charge in [0.05, 0.1) is 15.6 Å². The summed E-state index contributed by atoms with van der Waals surface area (Å²) < 4.78 is 29.1. The van der Waals surface area contributed by atoms with Crippen molar-refractivity contribution in [3.63, 3.8) is 0 Å². The minimum atomic E-state index is -4.30. The topological polar surface area (TPSA) is 86.8 Å². The summed E-state index contributed by atoms with van der Waals surface area (Å²) in [6, 6.07) is 27.4. The lowest BCUT2D eigenvalue weighted by atomic mass is 10.0. The zero-order chi connectivity index (χ0) is 32.8. The lowest BCUT2D eigenvalue weighted by Gasteiger charge is -2.35. The number of carbonyl (C=O) groups excluding carboxylic acids is 2. The first-order valence-electron chi connectivity index (χ1n) is 14.2. The van der Waals surface area contributed by atoms with E-state index in [0.717, 1.165) is 9.87 Å². The molecule has 7 nitrogen and oxygen atoms in total. The van der Waals surface area contributed by atoms with Crippen molar-refractivity contribution in [1.82, 2.24) is 10.2 Å². The molecule has 0 radical (unpaired) electrons. The van der Waals surface area contributed by atoms with E-state index >= 15 is 0 Å². The van der Waals surface area contributed by atoms with Crippen LogP contribution in [0, 0.1) is 0 Å². The molecule has 0 saturated carbocycles. The number of hydrogen-bond donors (Lipinski definition) is 1. The van der Waals surface area contributed by atoms with Crippen LogP contribution in [0.25, 0.3) is 0 Å². The van der Waals surface area contributed by atoms with Crippen LogP contribution in [0.2, 0.25) is 15.1 Å². The molecule has 45 heavy (non-hydrogen) atoms. The van der Waals surface area contributed by atoms with Gasteiger partial charge in [-0.1, -0.05) is 102 Å². The van der Waals surface area contributed by atoms with Crippen LogP contribution in [0.5, 0.6) is 0 Å². The van der Waals surface area contributed by atoms with E-state index < -0.39 is 40.0 Å². The molecule has 1 atom stereocenters. The molecule has 4 aromatic rings. The molecule has 0 heterocycles. The maximum Gasteiger partial charge on any atom is 0.264 e. The van der Waals surface area contributed by atoms with Gasteiger partial charge in [-0.2, -0.15) is 0 Å². The van der Waals surface area contributed by atoms with E-state index in [9.17, 15) is 18.0 Å². The summed E-state index contributed by atoms with van der Waals surface area (Å²) in [4.78, 5) is 29.8. The number of nitrogens with zero attached hydrogens (tertiary/aromatic N) is 2. The third-order valence-electron chi connectivity index (χ3n) is 6.86. The number of anilines is 1. The largest absolute Gasteiger partial charge is 0.350 e. The standard InChI is InChI=1S/C34H34Cl3N3O4S/c1-34(2,3)38-33(42)31(20-24-12-6-4-7-13-24)39(22-25-14-10-11-17-28(25)36)32(41)23-40(30-19-18-26(35)21-29(30)37)45(43,44)27-15-8-5-9-16-27/h4-19,21,31H,20,22-23H2,1-3H3,(H,38,42)/t31-/m1/s1. The van der Waals surface area contributed by atoms with Gasteiger partial charge in [-0.15, -0.1) is 0 Å². The molecular formula is C34H34Cl3N3O4S. The number of amides is 2. The summed E-state index contributed by atoms with van der Waals surface area (Å²) in [6.45, 7) is 4.84. The minimum Gasteiger partial charge on any atom is -0.350 e. The van der Waals surface area contributed by atoms with Gasteiger partial charge < -0.3 is 10.2 Å². The molecule has 236 valence electrons. The quantitative estimate of drug-likeness (QED) is 0.178. The first kappa shape index (κ1) is 34.3. The highest BCUT2D eigenvalue weighted by Gasteiger charge is 2.36. The van der Waals surface area contributed by atoms with Gasteiger partial charge >= 0.3 is 0 Å². The molecule has 11 heteroatoms. The normalized spacial score (nSPS) is 12.3. The van der Waals surface area contributed by atoms with Gasteiger partial charge in [0.15, 0.2) is 0 Å². The van der Waals surface area contributed by atoms with Gasteiger partial charge in [0.2, 0.25) is 11.8 Å². The predicted octanol–water partition coefficient (Wildman–Crippen LogP) is 7.40. The Labute approximate surface area is 279 Å². The monoisotopic (exact) mass is 685 g/mol. The summed E-state index contributed by atoms with van der Waals surface area (Å²) in [7, 11) is -4.30. The van der Waals surface area contributed by atoms with Gasteiger partial charge in [-0.05, 0) is 68.3 Å². The molecule has 0 aliphatic rings. The zero-order valence-electron chi connectivity index (χ0n) is 25.1. The van der Waals surface area contributed by atoms with E-state index in [4.69, 9.17) is 34.8 Å². The number of carbonyl (C=O) groups is 2. The van der Waals surface area contributed by atoms with Crippen LogP contribution in [0.3, 0.4) is 0 Å². The number of benzene rings is 4. The van der Waals surface area contributed by atoms with Crippen LogP contribution in [0.4, 0.5) is 5.69 Å². The molecule has 2 amide bonds. The van der Waals surface area contributed by atoms with Crippen molar-refractivity contribution in [2.45, 2.75) is 50.2 Å². The lowest BCUT2D eigenvalue weighted by Crippen LogP contribution is -2.56. The Morgan fingerprint density at radius 3 is 2.00 bits per heavy atom. The van der Waals surface area contributed by atoms with Gasteiger partial charge in [-0.25, -0.2) is 8.42 Å². The van der Waals surface area contributed by atoms with Crippen molar-refractivity contribution in [2.24, 2.45) is 0 Å². The fraction of sp³-hybridized carbons (Fsp3) is 0.235. The Morgan fingerprint density at radius 1 is 0.800 bits per heavy atom. The van der Waals surface area contributed by atoms with E-state index in [1.54, 1.807) is 42.5 Å². The Kier molecular flexibility index (Phi) is 11.2. The number of rotatable bonds is 11. The van der Waals surface area contributed by atoms with Crippen molar-refractivity contribution in [3.8, 4) is 0 Å². The molecule has 0 bridgehead atoms. The first-order valence-corrected chi connectivity index (χ1v) is 16.8. The van der Waals surface area contributed by atoms with Crippen molar-refractivity contribution in [1.29, 1.82) is 0 Å². The van der Waals surface area contributed by atoms with Crippen LogP contribution in [-0.4, -0.2) is 43.3 Å². The van der Waals surface area contributed by atoms with Crippen LogP contribution in [0.1, 0.15) is 31.9 Å². The van der Waals surface area contributed by atoms with Crippen LogP contribution < -0.4 is 9.62 Å². The third-order valence-corrected chi connectivity index (χ3v) is 9.54. The zero-order valence-corrected chi connectivity index (χ0v) is 28.2. The first-order chi connectivity index (χ1) is 21.3. The van der Waals surface area contributed by atoms with Gasteiger partial charge in [0, 0.05) is 28.5 Å². The summed E-state index contributed by atoms with van der Waals surface area (Å²) in [6.07, 6.45) is 0.173. The summed E-state index contributed by atoms with van der Waals surface area (Å²) in [5.41, 5.74) is 0.869. The van der Waals surface area contributed by atoms with Crippen molar-refractivity contribution in [3.05, 3.63) is 129 Å². The van der Waals surface area contributed by atoms with Gasteiger partial charge in [0.1, 0.15) is 12.6 Å². The van der Waals surface area contributed by atoms with Crippen molar-refractivity contribution in [2.75, 3.05) is 10.8 Å². The smallest absolute Gasteiger partial charge is 0.264 e. The molecule has 4 aromatic carbocycles. The van der Waals surface area contributed by atoms with E-state index in [2.05, 4.69) is 5.32 Å².